The Kier molecular flexibility index (Phi) is 7.35. The van der Waals surface area contributed by atoms with Crippen LogP contribution in [0.3, 0.4) is 0 Å². The highest BCUT2D eigenvalue weighted by Crippen LogP contribution is 2.17. The number of sulfone groups is 1. The Bertz CT molecular complexity index is 512. The Hall–Kier alpha value is -0.910. The fraction of sp³-hybridized carbons (Fsp3) is 0.625. The monoisotopic (exact) mass is 312 g/mol. The van der Waals surface area contributed by atoms with E-state index in [4.69, 9.17) is 0 Å². The summed E-state index contributed by atoms with van der Waals surface area (Å²) >= 11 is 0. The van der Waals surface area contributed by atoms with Gasteiger partial charge in [-0.25, -0.2) is 8.42 Å². The molecule has 0 bridgehead atoms. The second kappa shape index (κ2) is 8.51. The van der Waals surface area contributed by atoms with E-state index in [0.717, 1.165) is 19.5 Å². The van der Waals surface area contributed by atoms with Crippen LogP contribution in [0.5, 0.6) is 0 Å². The number of rotatable bonds is 9. The Morgan fingerprint density at radius 3 is 2.33 bits per heavy atom. The average molecular weight is 312 g/mol. The first-order valence-corrected chi connectivity index (χ1v) is 9.54. The van der Waals surface area contributed by atoms with Crippen LogP contribution < -0.4 is 5.32 Å². The first-order chi connectivity index (χ1) is 9.81. The van der Waals surface area contributed by atoms with Gasteiger partial charge in [0, 0.05) is 18.8 Å². The summed E-state index contributed by atoms with van der Waals surface area (Å²) in [6, 6.07) is 8.91. The maximum absolute atomic E-state index is 11.2. The van der Waals surface area contributed by atoms with Crippen LogP contribution >= 0.6 is 0 Å². The van der Waals surface area contributed by atoms with Crippen molar-refractivity contribution in [2.24, 2.45) is 0 Å². The molecule has 120 valence electrons. The van der Waals surface area contributed by atoms with Crippen molar-refractivity contribution in [3.63, 3.8) is 0 Å². The second-order valence-corrected chi connectivity index (χ2v) is 8.00. The average Bonchev–Trinajstić information content (AvgIpc) is 2.41. The normalized spacial score (nSPS) is 13.6. The zero-order valence-corrected chi connectivity index (χ0v) is 14.4. The zero-order valence-electron chi connectivity index (χ0n) is 13.6. The predicted molar refractivity (Wildman–Crippen MR) is 89.4 cm³/mol. The minimum atomic E-state index is -2.88. The molecular formula is C16H28N2O2S. The van der Waals surface area contributed by atoms with E-state index >= 15 is 0 Å². The molecule has 1 rings (SSSR count). The van der Waals surface area contributed by atoms with Gasteiger partial charge in [0.25, 0.3) is 0 Å². The third-order valence-electron chi connectivity index (χ3n) is 3.57. The minimum absolute atomic E-state index is 0.222. The van der Waals surface area contributed by atoms with Crippen LogP contribution in [0.2, 0.25) is 0 Å². The summed E-state index contributed by atoms with van der Waals surface area (Å²) < 4.78 is 22.4. The van der Waals surface area contributed by atoms with E-state index in [1.54, 1.807) is 0 Å². The first-order valence-electron chi connectivity index (χ1n) is 7.48. The quantitative estimate of drug-likeness (QED) is 0.758. The lowest BCUT2D eigenvalue weighted by molar-refractivity contribution is 0.323. The van der Waals surface area contributed by atoms with Gasteiger partial charge in [0.15, 0.2) is 0 Å². The number of hydrogen-bond acceptors (Lipinski definition) is 4. The van der Waals surface area contributed by atoms with Crippen LogP contribution in [-0.4, -0.2) is 52.0 Å². The van der Waals surface area contributed by atoms with E-state index in [1.165, 1.54) is 17.4 Å². The van der Waals surface area contributed by atoms with Crippen molar-refractivity contribution in [2.45, 2.75) is 26.3 Å². The van der Waals surface area contributed by atoms with E-state index < -0.39 is 9.84 Å². The van der Waals surface area contributed by atoms with Crippen LogP contribution in [0.1, 0.15) is 30.5 Å². The van der Waals surface area contributed by atoms with Crippen molar-refractivity contribution in [1.29, 1.82) is 0 Å². The van der Waals surface area contributed by atoms with Gasteiger partial charge in [0.05, 0.1) is 5.75 Å². The number of hydrogen-bond donors (Lipinski definition) is 1. The third kappa shape index (κ3) is 7.60. The standard InChI is InChI=1S/C16H28N2O2S/c1-5-17-16(15-8-6-14(2)7-9-15)10-11-18(3)12-13-21(4,19)20/h6-9,16-17H,5,10-13H2,1-4H3. The van der Waals surface area contributed by atoms with Crippen LogP contribution in [0.25, 0.3) is 0 Å². The van der Waals surface area contributed by atoms with Gasteiger partial charge in [-0.3, -0.25) is 0 Å². The first kappa shape index (κ1) is 18.1. The van der Waals surface area contributed by atoms with Gasteiger partial charge in [-0.1, -0.05) is 36.8 Å². The lowest BCUT2D eigenvalue weighted by atomic mass is 10.0. The predicted octanol–water partition coefficient (Wildman–Crippen LogP) is 2.01. The minimum Gasteiger partial charge on any atom is -0.310 e. The topological polar surface area (TPSA) is 49.4 Å². The molecule has 0 saturated carbocycles. The van der Waals surface area contributed by atoms with Crippen LogP contribution in [0.4, 0.5) is 0 Å². The summed E-state index contributed by atoms with van der Waals surface area (Å²) in [4.78, 5) is 2.08. The van der Waals surface area contributed by atoms with E-state index in [0.29, 0.717) is 12.6 Å². The van der Waals surface area contributed by atoms with Crippen molar-refractivity contribution < 1.29 is 8.42 Å². The Morgan fingerprint density at radius 1 is 1.19 bits per heavy atom. The van der Waals surface area contributed by atoms with Gasteiger partial charge in [-0.15, -0.1) is 0 Å². The molecule has 0 fully saturated rings. The zero-order chi connectivity index (χ0) is 15.9. The van der Waals surface area contributed by atoms with Crippen molar-refractivity contribution in [2.75, 3.05) is 38.7 Å². The molecule has 0 aliphatic rings. The number of benzene rings is 1. The highest BCUT2D eigenvalue weighted by Gasteiger charge is 2.12. The SMILES string of the molecule is CCNC(CCN(C)CCS(C)(=O)=O)c1ccc(C)cc1. The Balaban J connectivity index is 2.53. The lowest BCUT2D eigenvalue weighted by Crippen LogP contribution is -2.30. The van der Waals surface area contributed by atoms with Crippen LogP contribution in [0.15, 0.2) is 24.3 Å². The molecule has 5 heteroatoms. The van der Waals surface area contributed by atoms with E-state index in [9.17, 15) is 8.42 Å². The van der Waals surface area contributed by atoms with E-state index in [-0.39, 0.29) is 5.75 Å². The molecule has 0 aromatic heterocycles. The van der Waals surface area contributed by atoms with E-state index in [1.807, 2.05) is 7.05 Å². The summed E-state index contributed by atoms with van der Waals surface area (Å²) in [6.07, 6.45) is 2.26. The Labute approximate surface area is 129 Å². The van der Waals surface area contributed by atoms with Gasteiger partial charge >= 0.3 is 0 Å². The fourth-order valence-corrected chi connectivity index (χ4v) is 2.86. The van der Waals surface area contributed by atoms with Crippen LogP contribution in [-0.2, 0) is 9.84 Å². The molecule has 1 aromatic rings. The molecule has 1 unspecified atom stereocenters. The molecule has 0 saturated heterocycles. The van der Waals surface area contributed by atoms with Gasteiger partial charge in [-0.05, 0) is 39.0 Å². The number of nitrogens with one attached hydrogen (secondary N) is 1. The smallest absolute Gasteiger partial charge is 0.148 e. The highest BCUT2D eigenvalue weighted by molar-refractivity contribution is 7.90. The van der Waals surface area contributed by atoms with Gasteiger partial charge in [-0.2, -0.15) is 0 Å². The fourth-order valence-electron chi connectivity index (χ4n) is 2.21. The van der Waals surface area contributed by atoms with Crippen molar-refractivity contribution in [3.05, 3.63) is 35.4 Å². The molecule has 0 spiro atoms. The largest absolute Gasteiger partial charge is 0.310 e. The van der Waals surface area contributed by atoms with Crippen molar-refractivity contribution in [1.82, 2.24) is 10.2 Å². The lowest BCUT2D eigenvalue weighted by Gasteiger charge is -2.22. The summed E-state index contributed by atoms with van der Waals surface area (Å²) in [7, 11) is -0.907. The molecule has 4 nitrogen and oxygen atoms in total. The third-order valence-corrected chi connectivity index (χ3v) is 4.50. The second-order valence-electron chi connectivity index (χ2n) is 5.74. The van der Waals surface area contributed by atoms with Gasteiger partial charge < -0.3 is 10.2 Å². The summed E-state index contributed by atoms with van der Waals surface area (Å²) in [5.74, 6) is 0.222. The van der Waals surface area contributed by atoms with Gasteiger partial charge in [0.1, 0.15) is 9.84 Å². The number of nitrogens with zero attached hydrogens (tertiary/aromatic N) is 1. The summed E-state index contributed by atoms with van der Waals surface area (Å²) in [6.45, 7) is 6.58. The maximum Gasteiger partial charge on any atom is 0.148 e. The molecule has 1 aromatic carbocycles. The summed E-state index contributed by atoms with van der Waals surface area (Å²) in [5, 5.41) is 3.50. The molecule has 0 amide bonds. The van der Waals surface area contributed by atoms with Gasteiger partial charge in [0.2, 0.25) is 0 Å². The molecule has 0 aliphatic heterocycles. The molecule has 0 aliphatic carbocycles. The number of aryl methyl sites for hydroxylation is 1. The molecule has 1 atom stereocenters. The molecule has 1 N–H and O–H groups in total. The maximum atomic E-state index is 11.2. The molecule has 0 heterocycles. The summed E-state index contributed by atoms with van der Waals surface area (Å²) in [5.41, 5.74) is 2.55. The van der Waals surface area contributed by atoms with E-state index in [2.05, 4.69) is 48.3 Å². The highest BCUT2D eigenvalue weighted by atomic mass is 32.2. The van der Waals surface area contributed by atoms with Crippen molar-refractivity contribution >= 4 is 9.84 Å². The van der Waals surface area contributed by atoms with Crippen LogP contribution in [0, 0.1) is 6.92 Å². The Morgan fingerprint density at radius 2 is 1.81 bits per heavy atom. The van der Waals surface area contributed by atoms with Crippen molar-refractivity contribution in [3.8, 4) is 0 Å². The molecule has 21 heavy (non-hydrogen) atoms. The molecular weight excluding hydrogens is 284 g/mol. The molecule has 0 radical (unpaired) electrons.